The molecular weight excluding hydrogens is 272 g/mol. The van der Waals surface area contributed by atoms with Crippen LogP contribution in [0.5, 0.6) is 0 Å². The molecule has 1 unspecified atom stereocenters. The summed E-state index contributed by atoms with van der Waals surface area (Å²) in [6.07, 6.45) is 7.51. The first-order chi connectivity index (χ1) is 10.7. The number of ether oxygens (including phenoxy) is 2. The lowest BCUT2D eigenvalue weighted by Crippen LogP contribution is -2.18. The fraction of sp³-hybridized carbons (Fsp3) is 0.700. The molecule has 0 fully saturated rings. The van der Waals surface area contributed by atoms with Crippen LogP contribution in [0.4, 0.5) is 0 Å². The molecule has 0 N–H and O–H groups in total. The Labute approximate surface area is 137 Å². The maximum Gasteiger partial charge on any atom is 0.0515 e. The van der Waals surface area contributed by atoms with Crippen molar-refractivity contribution in [1.29, 1.82) is 0 Å². The first-order valence-electron chi connectivity index (χ1n) is 8.79. The summed E-state index contributed by atoms with van der Waals surface area (Å²) in [6, 6.07) is 8.91. The Balaban J connectivity index is 2.74. The largest absolute Gasteiger partial charge is 0.384 e. The molecule has 1 aromatic carbocycles. The van der Waals surface area contributed by atoms with Gasteiger partial charge in [-0.1, -0.05) is 63.8 Å². The highest BCUT2D eigenvalue weighted by molar-refractivity contribution is 5.28. The lowest BCUT2D eigenvalue weighted by molar-refractivity contribution is 0.0847. The highest BCUT2D eigenvalue weighted by Gasteiger charge is 2.14. The van der Waals surface area contributed by atoms with E-state index in [4.69, 9.17) is 9.47 Å². The van der Waals surface area contributed by atoms with Crippen molar-refractivity contribution in [1.82, 2.24) is 0 Å². The van der Waals surface area contributed by atoms with Crippen LogP contribution in [0.1, 0.15) is 50.7 Å². The second-order valence-corrected chi connectivity index (χ2v) is 6.37. The van der Waals surface area contributed by atoms with E-state index in [0.717, 1.165) is 25.6 Å². The van der Waals surface area contributed by atoms with Crippen molar-refractivity contribution in [3.8, 4) is 0 Å². The summed E-state index contributed by atoms with van der Waals surface area (Å²) in [6.45, 7) is 6.12. The van der Waals surface area contributed by atoms with Crippen molar-refractivity contribution in [3.63, 3.8) is 0 Å². The Bertz CT molecular complexity index is 383. The van der Waals surface area contributed by atoms with E-state index >= 15 is 0 Å². The lowest BCUT2D eigenvalue weighted by Gasteiger charge is -2.20. The van der Waals surface area contributed by atoms with Gasteiger partial charge in [-0.15, -0.1) is 0 Å². The van der Waals surface area contributed by atoms with Crippen LogP contribution < -0.4 is 0 Å². The zero-order chi connectivity index (χ0) is 16.2. The summed E-state index contributed by atoms with van der Waals surface area (Å²) in [5, 5.41) is 0. The summed E-state index contributed by atoms with van der Waals surface area (Å²) in [5.74, 6) is 1.25. The summed E-state index contributed by atoms with van der Waals surface area (Å²) in [5.41, 5.74) is 2.99. The Kier molecular flexibility index (Phi) is 10.2. The molecule has 22 heavy (non-hydrogen) atoms. The monoisotopic (exact) mass is 306 g/mol. The van der Waals surface area contributed by atoms with Crippen LogP contribution in [0.15, 0.2) is 24.3 Å². The third kappa shape index (κ3) is 6.93. The number of unbranched alkanes of at least 4 members (excludes halogenated alkanes) is 1. The van der Waals surface area contributed by atoms with Gasteiger partial charge in [-0.05, 0) is 29.9 Å². The van der Waals surface area contributed by atoms with Gasteiger partial charge in [0.15, 0.2) is 0 Å². The Morgan fingerprint density at radius 1 is 0.864 bits per heavy atom. The lowest BCUT2D eigenvalue weighted by atomic mass is 9.87. The molecule has 1 atom stereocenters. The average Bonchev–Trinajstić information content (AvgIpc) is 2.53. The van der Waals surface area contributed by atoms with Crippen LogP contribution >= 0.6 is 0 Å². The van der Waals surface area contributed by atoms with E-state index < -0.39 is 0 Å². The molecule has 0 saturated heterocycles. The molecule has 0 radical (unpaired) electrons. The van der Waals surface area contributed by atoms with Gasteiger partial charge in [-0.3, -0.25) is 0 Å². The number of methoxy groups -OCH3 is 2. The fourth-order valence-corrected chi connectivity index (χ4v) is 3.16. The second kappa shape index (κ2) is 11.7. The van der Waals surface area contributed by atoms with Crippen LogP contribution in [0, 0.1) is 11.8 Å². The highest BCUT2D eigenvalue weighted by Crippen LogP contribution is 2.23. The van der Waals surface area contributed by atoms with E-state index in [2.05, 4.69) is 38.1 Å². The SMILES string of the molecule is CCCCC(CC)Cc1ccccc1CC(COC)COC. The van der Waals surface area contributed by atoms with E-state index in [9.17, 15) is 0 Å². The molecule has 0 bridgehead atoms. The molecule has 126 valence electrons. The summed E-state index contributed by atoms with van der Waals surface area (Å²) >= 11 is 0. The van der Waals surface area contributed by atoms with Gasteiger partial charge in [0.05, 0.1) is 13.2 Å². The smallest absolute Gasteiger partial charge is 0.0515 e. The van der Waals surface area contributed by atoms with E-state index in [1.807, 2.05) is 0 Å². The minimum atomic E-state index is 0.437. The van der Waals surface area contributed by atoms with Crippen LogP contribution in [0.25, 0.3) is 0 Å². The van der Waals surface area contributed by atoms with Crippen molar-refractivity contribution in [2.75, 3.05) is 27.4 Å². The Hall–Kier alpha value is -0.860. The van der Waals surface area contributed by atoms with Gasteiger partial charge in [0.25, 0.3) is 0 Å². The molecule has 0 amide bonds. The summed E-state index contributed by atoms with van der Waals surface area (Å²) in [4.78, 5) is 0. The van der Waals surface area contributed by atoms with Gasteiger partial charge in [0.1, 0.15) is 0 Å². The minimum absolute atomic E-state index is 0.437. The number of rotatable bonds is 12. The van der Waals surface area contributed by atoms with Gasteiger partial charge < -0.3 is 9.47 Å². The summed E-state index contributed by atoms with van der Waals surface area (Å²) in [7, 11) is 3.54. The zero-order valence-electron chi connectivity index (χ0n) is 14.9. The predicted octanol–water partition coefficient (Wildman–Crippen LogP) is 4.90. The fourth-order valence-electron chi connectivity index (χ4n) is 3.16. The van der Waals surface area contributed by atoms with Gasteiger partial charge >= 0.3 is 0 Å². The normalized spacial score (nSPS) is 12.8. The number of benzene rings is 1. The zero-order valence-corrected chi connectivity index (χ0v) is 14.9. The van der Waals surface area contributed by atoms with Crippen LogP contribution in [-0.2, 0) is 22.3 Å². The van der Waals surface area contributed by atoms with Crippen LogP contribution in [0.3, 0.4) is 0 Å². The molecule has 0 heterocycles. The molecular formula is C20H34O2. The van der Waals surface area contributed by atoms with E-state index in [1.165, 1.54) is 43.2 Å². The third-order valence-electron chi connectivity index (χ3n) is 4.48. The molecule has 0 spiro atoms. The maximum absolute atomic E-state index is 5.34. The maximum atomic E-state index is 5.34. The molecule has 0 aliphatic heterocycles. The van der Waals surface area contributed by atoms with Gasteiger partial charge in [0, 0.05) is 20.1 Å². The van der Waals surface area contributed by atoms with Crippen molar-refractivity contribution in [2.24, 2.45) is 11.8 Å². The topological polar surface area (TPSA) is 18.5 Å². The Morgan fingerprint density at radius 2 is 1.41 bits per heavy atom. The molecule has 1 rings (SSSR count). The molecule has 1 aromatic rings. The summed E-state index contributed by atoms with van der Waals surface area (Å²) < 4.78 is 10.7. The van der Waals surface area contributed by atoms with Gasteiger partial charge in [0.2, 0.25) is 0 Å². The molecule has 0 aromatic heterocycles. The third-order valence-corrected chi connectivity index (χ3v) is 4.48. The van der Waals surface area contributed by atoms with E-state index in [-0.39, 0.29) is 0 Å². The van der Waals surface area contributed by atoms with E-state index in [1.54, 1.807) is 14.2 Å². The van der Waals surface area contributed by atoms with Crippen LogP contribution in [-0.4, -0.2) is 27.4 Å². The number of hydrogen-bond donors (Lipinski definition) is 0. The standard InChI is InChI=1S/C20H34O2/c1-5-7-10-17(6-2)13-19-11-8-9-12-20(19)14-18(15-21-3)16-22-4/h8-9,11-12,17-18H,5-7,10,13-16H2,1-4H3. The van der Waals surface area contributed by atoms with E-state index in [0.29, 0.717) is 5.92 Å². The quantitative estimate of drug-likeness (QED) is 0.547. The first-order valence-corrected chi connectivity index (χ1v) is 8.79. The molecule has 2 nitrogen and oxygen atoms in total. The van der Waals surface area contributed by atoms with Crippen molar-refractivity contribution >= 4 is 0 Å². The molecule has 0 aliphatic rings. The predicted molar refractivity (Wildman–Crippen MR) is 94.4 cm³/mol. The van der Waals surface area contributed by atoms with Gasteiger partial charge in [-0.2, -0.15) is 0 Å². The highest BCUT2D eigenvalue weighted by atomic mass is 16.5. The average molecular weight is 306 g/mol. The molecule has 2 heteroatoms. The van der Waals surface area contributed by atoms with Gasteiger partial charge in [-0.25, -0.2) is 0 Å². The first kappa shape index (κ1) is 19.2. The molecule has 0 saturated carbocycles. The van der Waals surface area contributed by atoms with Crippen molar-refractivity contribution in [3.05, 3.63) is 35.4 Å². The van der Waals surface area contributed by atoms with Crippen LogP contribution in [0.2, 0.25) is 0 Å². The Morgan fingerprint density at radius 3 is 1.86 bits per heavy atom. The molecule has 0 aliphatic carbocycles. The minimum Gasteiger partial charge on any atom is -0.384 e. The number of hydrogen-bond acceptors (Lipinski definition) is 2. The van der Waals surface area contributed by atoms with Crippen molar-refractivity contribution < 1.29 is 9.47 Å². The second-order valence-electron chi connectivity index (χ2n) is 6.37. The van der Waals surface area contributed by atoms with Crippen molar-refractivity contribution in [2.45, 2.75) is 52.4 Å².